The van der Waals surface area contributed by atoms with Gasteiger partial charge in [0, 0.05) is 15.7 Å². The maximum Gasteiger partial charge on any atom is 0.271 e. The second kappa shape index (κ2) is 13.2. The summed E-state index contributed by atoms with van der Waals surface area (Å²) in [6, 6.07) is 26.8. The maximum absolute atomic E-state index is 13.6. The van der Waals surface area contributed by atoms with E-state index in [0.29, 0.717) is 54.2 Å². The summed E-state index contributed by atoms with van der Waals surface area (Å²) in [5, 5.41) is 4.46. The smallest absolute Gasteiger partial charge is 0.271 e. The molecular formula is C32H25Cl2N3O4S. The molecule has 0 radical (unpaired) electrons. The molecule has 5 rings (SSSR count). The third kappa shape index (κ3) is 7.15. The Labute approximate surface area is 257 Å². The van der Waals surface area contributed by atoms with Crippen molar-refractivity contribution < 1.29 is 19.1 Å². The lowest BCUT2D eigenvalue weighted by molar-refractivity contribution is -0.118. The zero-order valence-electron chi connectivity index (χ0n) is 22.6. The van der Waals surface area contributed by atoms with E-state index in [4.69, 9.17) is 37.7 Å². The number of hydrogen-bond donors (Lipinski definition) is 1. The standard InChI is InChI=1S/C32H25Cl2N3O4S/c1-20-4-3-5-25(16-20)35-30(38)19-41-27-15-6-21(17-28(27)40-2)18-29-31(39)37(26-13-9-23(34)10-14-26)32(42-29)36-24-11-7-22(33)8-12-24/h3-18H,19H2,1-2H3,(H,35,38)/b29-18-,36-32?. The number of anilines is 2. The molecule has 212 valence electrons. The van der Waals surface area contributed by atoms with Gasteiger partial charge in [0.1, 0.15) is 0 Å². The Balaban J connectivity index is 1.37. The summed E-state index contributed by atoms with van der Waals surface area (Å²) >= 11 is 13.4. The predicted octanol–water partition coefficient (Wildman–Crippen LogP) is 8.14. The molecule has 2 amide bonds. The minimum atomic E-state index is -0.295. The first-order valence-electron chi connectivity index (χ1n) is 12.8. The number of aryl methyl sites for hydroxylation is 1. The number of amides is 2. The van der Waals surface area contributed by atoms with Crippen LogP contribution in [0.3, 0.4) is 0 Å². The first kappa shape index (κ1) is 29.3. The Morgan fingerprint density at radius 1 is 0.952 bits per heavy atom. The van der Waals surface area contributed by atoms with Crippen molar-refractivity contribution in [1.29, 1.82) is 0 Å². The van der Waals surface area contributed by atoms with Gasteiger partial charge in [-0.2, -0.15) is 0 Å². The molecule has 0 spiro atoms. The van der Waals surface area contributed by atoms with Crippen LogP contribution in [0.2, 0.25) is 10.0 Å². The number of nitrogens with one attached hydrogen (secondary N) is 1. The lowest BCUT2D eigenvalue weighted by atomic mass is 10.1. The molecule has 4 aromatic rings. The zero-order chi connectivity index (χ0) is 29.6. The van der Waals surface area contributed by atoms with Crippen LogP contribution in [0.1, 0.15) is 11.1 Å². The summed E-state index contributed by atoms with van der Waals surface area (Å²) in [5.74, 6) is 0.295. The first-order valence-corrected chi connectivity index (χ1v) is 14.4. The Hall–Kier alpha value is -4.24. The van der Waals surface area contributed by atoms with Crippen LogP contribution in [0.5, 0.6) is 11.5 Å². The third-order valence-corrected chi connectivity index (χ3v) is 7.56. The fourth-order valence-corrected chi connectivity index (χ4v) is 5.35. The van der Waals surface area contributed by atoms with Crippen molar-refractivity contribution in [3.05, 3.63) is 117 Å². The fourth-order valence-electron chi connectivity index (χ4n) is 4.10. The first-order chi connectivity index (χ1) is 20.3. The quantitative estimate of drug-likeness (QED) is 0.202. The molecule has 1 aliphatic heterocycles. The van der Waals surface area contributed by atoms with E-state index in [-0.39, 0.29) is 18.4 Å². The molecule has 1 saturated heterocycles. The molecule has 0 aromatic heterocycles. The summed E-state index contributed by atoms with van der Waals surface area (Å²) in [6.45, 7) is 1.76. The van der Waals surface area contributed by atoms with Crippen LogP contribution in [0, 0.1) is 6.92 Å². The molecule has 7 nitrogen and oxygen atoms in total. The maximum atomic E-state index is 13.6. The molecule has 0 aliphatic carbocycles. The van der Waals surface area contributed by atoms with Crippen LogP contribution in [-0.4, -0.2) is 30.7 Å². The molecule has 42 heavy (non-hydrogen) atoms. The average Bonchev–Trinajstić information content (AvgIpc) is 3.27. The van der Waals surface area contributed by atoms with Gasteiger partial charge in [-0.05, 0) is 109 Å². The number of thioether (sulfide) groups is 1. The van der Waals surface area contributed by atoms with Gasteiger partial charge in [0.2, 0.25) is 0 Å². The van der Waals surface area contributed by atoms with E-state index in [1.165, 1.54) is 18.9 Å². The number of aliphatic imine (C=N–C) groups is 1. The molecule has 0 bridgehead atoms. The van der Waals surface area contributed by atoms with Crippen LogP contribution >= 0.6 is 35.0 Å². The number of hydrogen-bond acceptors (Lipinski definition) is 6. The van der Waals surface area contributed by atoms with E-state index < -0.39 is 0 Å². The summed E-state index contributed by atoms with van der Waals surface area (Å²) in [7, 11) is 1.51. The molecule has 4 aromatic carbocycles. The number of nitrogens with zero attached hydrogens (tertiary/aromatic N) is 2. The van der Waals surface area contributed by atoms with E-state index in [0.717, 1.165) is 5.56 Å². The topological polar surface area (TPSA) is 80.2 Å². The Morgan fingerprint density at radius 2 is 1.67 bits per heavy atom. The molecule has 1 N–H and O–H groups in total. The molecule has 10 heteroatoms. The van der Waals surface area contributed by atoms with Crippen LogP contribution in [0.25, 0.3) is 6.08 Å². The SMILES string of the molecule is COc1cc(/C=C2\SC(=Nc3ccc(Cl)cc3)N(c3ccc(Cl)cc3)C2=O)ccc1OCC(=O)Nc1cccc(C)c1. The molecule has 0 saturated carbocycles. The van der Waals surface area contributed by atoms with Crippen molar-refractivity contribution in [2.24, 2.45) is 4.99 Å². The summed E-state index contributed by atoms with van der Waals surface area (Å²) in [4.78, 5) is 32.8. The number of halogens is 2. The molecule has 1 aliphatic rings. The van der Waals surface area contributed by atoms with Crippen molar-refractivity contribution in [1.82, 2.24) is 0 Å². The normalized spacial score (nSPS) is 14.9. The fraction of sp³-hybridized carbons (Fsp3) is 0.0938. The van der Waals surface area contributed by atoms with E-state index in [9.17, 15) is 9.59 Å². The lowest BCUT2D eigenvalue weighted by Gasteiger charge is -2.15. The largest absolute Gasteiger partial charge is 0.493 e. The van der Waals surface area contributed by atoms with Gasteiger partial charge in [0.25, 0.3) is 11.8 Å². The van der Waals surface area contributed by atoms with Gasteiger partial charge in [0.05, 0.1) is 23.4 Å². The number of rotatable bonds is 8. The number of ether oxygens (including phenoxy) is 2. The predicted molar refractivity (Wildman–Crippen MR) is 171 cm³/mol. The Morgan fingerprint density at radius 3 is 2.36 bits per heavy atom. The highest BCUT2D eigenvalue weighted by atomic mass is 35.5. The molecule has 1 heterocycles. The minimum absolute atomic E-state index is 0.195. The lowest BCUT2D eigenvalue weighted by Crippen LogP contribution is -2.28. The summed E-state index contributed by atoms with van der Waals surface area (Å²) in [5.41, 5.74) is 3.74. The van der Waals surface area contributed by atoms with Gasteiger partial charge in [-0.3, -0.25) is 14.5 Å². The van der Waals surface area contributed by atoms with Crippen molar-refractivity contribution in [3.63, 3.8) is 0 Å². The van der Waals surface area contributed by atoms with Gasteiger partial charge in [-0.15, -0.1) is 0 Å². The van der Waals surface area contributed by atoms with Crippen LogP contribution in [0.15, 0.2) is 101 Å². The van der Waals surface area contributed by atoms with Crippen molar-refractivity contribution in [3.8, 4) is 11.5 Å². The second-order valence-electron chi connectivity index (χ2n) is 9.22. The molecular weight excluding hydrogens is 593 g/mol. The van der Waals surface area contributed by atoms with Crippen LogP contribution in [-0.2, 0) is 9.59 Å². The number of amidine groups is 1. The van der Waals surface area contributed by atoms with E-state index >= 15 is 0 Å². The highest BCUT2D eigenvalue weighted by Gasteiger charge is 2.34. The van der Waals surface area contributed by atoms with Crippen molar-refractivity contribution in [2.45, 2.75) is 6.92 Å². The minimum Gasteiger partial charge on any atom is -0.493 e. The highest BCUT2D eigenvalue weighted by molar-refractivity contribution is 8.19. The zero-order valence-corrected chi connectivity index (χ0v) is 25.0. The number of carbonyl (C=O) groups excluding carboxylic acids is 2. The van der Waals surface area contributed by atoms with Crippen molar-refractivity contribution in [2.75, 3.05) is 23.9 Å². The van der Waals surface area contributed by atoms with Crippen molar-refractivity contribution >= 4 is 75.1 Å². The third-order valence-electron chi connectivity index (χ3n) is 6.09. The van der Waals surface area contributed by atoms with Crippen LogP contribution in [0.4, 0.5) is 17.1 Å². The number of methoxy groups -OCH3 is 1. The van der Waals surface area contributed by atoms with Crippen LogP contribution < -0.4 is 19.7 Å². The van der Waals surface area contributed by atoms with Gasteiger partial charge in [-0.1, -0.05) is 41.4 Å². The summed E-state index contributed by atoms with van der Waals surface area (Å²) in [6.07, 6.45) is 1.76. The Kier molecular flexibility index (Phi) is 9.17. The van der Waals surface area contributed by atoms with Gasteiger partial charge in [-0.25, -0.2) is 4.99 Å². The van der Waals surface area contributed by atoms with Gasteiger partial charge < -0.3 is 14.8 Å². The van der Waals surface area contributed by atoms with E-state index in [2.05, 4.69) is 5.32 Å². The summed E-state index contributed by atoms with van der Waals surface area (Å²) < 4.78 is 11.3. The average molecular weight is 619 g/mol. The molecule has 0 unspecified atom stereocenters. The highest BCUT2D eigenvalue weighted by Crippen LogP contribution is 2.38. The van der Waals surface area contributed by atoms with Gasteiger partial charge >= 0.3 is 0 Å². The Bertz CT molecular complexity index is 1690. The van der Waals surface area contributed by atoms with E-state index in [1.54, 1.807) is 77.7 Å². The number of carbonyl (C=O) groups is 2. The molecule has 1 fully saturated rings. The monoisotopic (exact) mass is 617 g/mol. The number of benzene rings is 4. The van der Waals surface area contributed by atoms with Gasteiger partial charge in [0.15, 0.2) is 23.3 Å². The second-order valence-corrected chi connectivity index (χ2v) is 11.1. The van der Waals surface area contributed by atoms with E-state index in [1.807, 2.05) is 31.2 Å². The molecule has 0 atom stereocenters.